The molecule has 2 heterocycles. The van der Waals surface area contributed by atoms with Crippen LogP contribution in [0.15, 0.2) is 54.6 Å². The minimum absolute atomic E-state index is 0.442. The number of para-hydroxylation sites is 2. The number of anilines is 3. The zero-order chi connectivity index (χ0) is 23.4. The Labute approximate surface area is 208 Å². The van der Waals surface area contributed by atoms with E-state index < -0.39 is 0 Å². The zero-order valence-corrected chi connectivity index (χ0v) is 20.9. The van der Waals surface area contributed by atoms with Crippen LogP contribution in [0.4, 0.5) is 17.5 Å². The quantitative estimate of drug-likeness (QED) is 0.501. The van der Waals surface area contributed by atoms with Crippen LogP contribution in [0.2, 0.25) is 0 Å². The molecule has 4 bridgehead atoms. The third kappa shape index (κ3) is 3.84. The van der Waals surface area contributed by atoms with Gasteiger partial charge in [0.05, 0.1) is 5.52 Å². The average Bonchev–Trinajstić information content (AvgIpc) is 2.88. The van der Waals surface area contributed by atoms with Crippen LogP contribution in [-0.2, 0) is 0 Å². The normalized spacial score (nSPS) is 30.6. The lowest BCUT2D eigenvalue weighted by Crippen LogP contribution is -2.53. The summed E-state index contributed by atoms with van der Waals surface area (Å²) in [5.74, 6) is 4.79. The summed E-state index contributed by atoms with van der Waals surface area (Å²) in [6.45, 7) is 6.30. The van der Waals surface area contributed by atoms with Crippen molar-refractivity contribution in [2.45, 2.75) is 51.5 Å². The molecule has 4 aliphatic carbocycles. The van der Waals surface area contributed by atoms with E-state index in [4.69, 9.17) is 9.97 Å². The third-order valence-corrected chi connectivity index (χ3v) is 9.63. The van der Waals surface area contributed by atoms with E-state index in [0.29, 0.717) is 11.5 Å². The molecule has 0 unspecified atom stereocenters. The summed E-state index contributed by atoms with van der Waals surface area (Å²) >= 11 is 0. The van der Waals surface area contributed by atoms with E-state index in [9.17, 15) is 0 Å². The molecule has 1 atom stereocenters. The van der Waals surface area contributed by atoms with Crippen LogP contribution in [0.3, 0.4) is 0 Å². The highest BCUT2D eigenvalue weighted by atomic mass is 15.3. The van der Waals surface area contributed by atoms with Gasteiger partial charge in [-0.2, -0.15) is 4.98 Å². The fraction of sp³-hybridized carbons (Fsp3) is 0.533. The van der Waals surface area contributed by atoms with E-state index in [0.717, 1.165) is 66.6 Å². The molecule has 3 aromatic rings. The maximum atomic E-state index is 5.18. The number of rotatable bonds is 5. The van der Waals surface area contributed by atoms with Gasteiger partial charge in [0.1, 0.15) is 5.82 Å². The Hall–Kier alpha value is -2.82. The molecule has 0 radical (unpaired) electrons. The molecule has 1 saturated heterocycles. The van der Waals surface area contributed by atoms with Gasteiger partial charge in [0.15, 0.2) is 0 Å². The van der Waals surface area contributed by atoms with Crippen molar-refractivity contribution in [3.8, 4) is 0 Å². The first-order valence-electron chi connectivity index (χ1n) is 13.7. The maximum Gasteiger partial charge on any atom is 0.228 e. The number of piperazine rings is 1. The van der Waals surface area contributed by atoms with Crippen molar-refractivity contribution in [1.29, 1.82) is 0 Å². The highest BCUT2D eigenvalue weighted by molar-refractivity contribution is 5.90. The molecule has 5 aliphatic rings. The predicted molar refractivity (Wildman–Crippen MR) is 144 cm³/mol. The van der Waals surface area contributed by atoms with Gasteiger partial charge in [0, 0.05) is 43.3 Å². The minimum atomic E-state index is 0.442. The summed E-state index contributed by atoms with van der Waals surface area (Å²) in [6, 6.07) is 19.7. The van der Waals surface area contributed by atoms with Gasteiger partial charge in [0.25, 0.3) is 0 Å². The van der Waals surface area contributed by atoms with Crippen LogP contribution in [0.1, 0.15) is 45.4 Å². The molecule has 2 aromatic carbocycles. The molecule has 8 rings (SSSR count). The van der Waals surface area contributed by atoms with Gasteiger partial charge < -0.3 is 15.1 Å². The average molecular weight is 468 g/mol. The number of hydrogen-bond donors (Lipinski definition) is 1. The SMILES string of the molecule is C[C@@H](Nc1nc(N2CCN(c3ccccc3)CC2)nc2ccccc12)C12CC3CC(CC(C3)C1)C2. The standard InChI is InChI=1S/C30H37N5/c1-21(30-18-22-15-23(19-30)17-24(16-22)20-30)31-28-26-9-5-6-10-27(26)32-29(33-28)35-13-11-34(12-14-35)25-7-3-2-4-8-25/h2-10,21-24H,11-20H2,1H3,(H,31,32,33)/t21-,22?,23?,24?,30?/m1/s1. The van der Waals surface area contributed by atoms with Crippen molar-refractivity contribution in [3.05, 3.63) is 54.6 Å². The van der Waals surface area contributed by atoms with Crippen LogP contribution < -0.4 is 15.1 Å². The highest BCUT2D eigenvalue weighted by Crippen LogP contribution is 2.61. The Balaban J connectivity index is 1.14. The Kier molecular flexibility index (Phi) is 5.14. The minimum Gasteiger partial charge on any atom is -0.368 e. The van der Waals surface area contributed by atoms with Gasteiger partial charge in [-0.15, -0.1) is 0 Å². The molecule has 182 valence electrons. The van der Waals surface area contributed by atoms with E-state index in [-0.39, 0.29) is 0 Å². The number of fused-ring (bicyclic) bond motifs is 1. The van der Waals surface area contributed by atoms with Gasteiger partial charge in [-0.05, 0) is 92.9 Å². The van der Waals surface area contributed by atoms with E-state index in [1.165, 1.54) is 44.2 Å². The van der Waals surface area contributed by atoms with Crippen molar-refractivity contribution in [2.75, 3.05) is 41.3 Å². The molecule has 5 heteroatoms. The molecule has 0 amide bonds. The molecular formula is C30H37N5. The first kappa shape index (κ1) is 21.5. The highest BCUT2D eigenvalue weighted by Gasteiger charge is 2.53. The second-order valence-electron chi connectivity index (χ2n) is 11.8. The van der Waals surface area contributed by atoms with Gasteiger partial charge in [-0.3, -0.25) is 0 Å². The Morgan fingerprint density at radius 3 is 2.06 bits per heavy atom. The smallest absolute Gasteiger partial charge is 0.228 e. The first-order chi connectivity index (χ1) is 17.1. The second kappa shape index (κ2) is 8.39. The van der Waals surface area contributed by atoms with Crippen LogP contribution in [0, 0.1) is 23.2 Å². The molecule has 0 spiro atoms. The van der Waals surface area contributed by atoms with E-state index in [1.54, 1.807) is 0 Å². The topological polar surface area (TPSA) is 44.3 Å². The van der Waals surface area contributed by atoms with Gasteiger partial charge in [-0.1, -0.05) is 30.3 Å². The van der Waals surface area contributed by atoms with Crippen molar-refractivity contribution in [3.63, 3.8) is 0 Å². The first-order valence-corrected chi connectivity index (χ1v) is 13.7. The lowest BCUT2D eigenvalue weighted by atomic mass is 9.48. The molecule has 35 heavy (non-hydrogen) atoms. The third-order valence-electron chi connectivity index (χ3n) is 9.63. The summed E-state index contributed by atoms with van der Waals surface area (Å²) < 4.78 is 0. The summed E-state index contributed by atoms with van der Waals surface area (Å²) in [7, 11) is 0. The Morgan fingerprint density at radius 2 is 1.37 bits per heavy atom. The molecule has 4 saturated carbocycles. The van der Waals surface area contributed by atoms with Gasteiger partial charge in [0.2, 0.25) is 5.95 Å². The fourth-order valence-electron chi connectivity index (χ4n) is 8.19. The van der Waals surface area contributed by atoms with Crippen LogP contribution >= 0.6 is 0 Å². The second-order valence-corrected chi connectivity index (χ2v) is 11.8. The van der Waals surface area contributed by atoms with Crippen LogP contribution in [0.25, 0.3) is 10.9 Å². The van der Waals surface area contributed by atoms with E-state index in [1.807, 2.05) is 0 Å². The van der Waals surface area contributed by atoms with Crippen molar-refractivity contribution in [1.82, 2.24) is 9.97 Å². The van der Waals surface area contributed by atoms with Crippen LogP contribution in [0.5, 0.6) is 0 Å². The van der Waals surface area contributed by atoms with Crippen molar-refractivity contribution in [2.24, 2.45) is 23.2 Å². The number of hydrogen-bond acceptors (Lipinski definition) is 5. The number of nitrogens with zero attached hydrogens (tertiary/aromatic N) is 4. The molecule has 5 nitrogen and oxygen atoms in total. The number of nitrogens with one attached hydrogen (secondary N) is 1. The van der Waals surface area contributed by atoms with Crippen molar-refractivity contribution < 1.29 is 0 Å². The summed E-state index contributed by atoms with van der Waals surface area (Å²) in [4.78, 5) is 15.0. The summed E-state index contributed by atoms with van der Waals surface area (Å²) in [5.41, 5.74) is 2.80. The predicted octanol–water partition coefficient (Wildman–Crippen LogP) is 5.97. The van der Waals surface area contributed by atoms with Crippen molar-refractivity contribution >= 4 is 28.4 Å². The number of benzene rings is 2. The lowest BCUT2D eigenvalue weighted by molar-refractivity contribution is -0.0602. The molecule has 1 aromatic heterocycles. The van der Waals surface area contributed by atoms with Gasteiger partial charge in [-0.25, -0.2) is 4.98 Å². The fourth-order valence-corrected chi connectivity index (χ4v) is 8.19. The molecule has 5 fully saturated rings. The summed E-state index contributed by atoms with van der Waals surface area (Å²) in [6.07, 6.45) is 8.68. The molecule has 1 aliphatic heterocycles. The Morgan fingerprint density at radius 1 is 0.771 bits per heavy atom. The van der Waals surface area contributed by atoms with Gasteiger partial charge >= 0.3 is 0 Å². The largest absolute Gasteiger partial charge is 0.368 e. The summed E-state index contributed by atoms with van der Waals surface area (Å²) in [5, 5.41) is 5.12. The maximum absolute atomic E-state index is 5.18. The van der Waals surface area contributed by atoms with Crippen LogP contribution in [-0.4, -0.2) is 42.2 Å². The monoisotopic (exact) mass is 467 g/mol. The number of aromatic nitrogens is 2. The Bertz CT molecular complexity index is 1160. The molecule has 1 N–H and O–H groups in total. The molecular weight excluding hydrogens is 430 g/mol. The van der Waals surface area contributed by atoms with E-state index >= 15 is 0 Å². The lowest BCUT2D eigenvalue weighted by Gasteiger charge is -2.59. The van der Waals surface area contributed by atoms with E-state index in [2.05, 4.69) is 76.6 Å². The zero-order valence-electron chi connectivity index (χ0n) is 20.9.